The van der Waals surface area contributed by atoms with Crippen LogP contribution in [0.1, 0.15) is 310 Å². The van der Waals surface area contributed by atoms with Crippen LogP contribution in [0.15, 0.2) is 109 Å². The maximum absolute atomic E-state index is 12.9. The monoisotopic (exact) mass is 1080 g/mol. The highest BCUT2D eigenvalue weighted by Crippen LogP contribution is 2.15. The molecule has 0 aliphatic rings. The Morgan fingerprint density at radius 2 is 0.500 bits per heavy atom. The Morgan fingerprint density at radius 3 is 0.808 bits per heavy atom. The molecule has 446 valence electrons. The number of carbonyl (C=O) groups is 3. The SMILES string of the molecule is CC/C=C\C/C=C\C/C=C\C/C=C\C/C=C\C/C=C\CCCCCCCCCCC(=O)OCC(COC(=O)CCCCCCC/C=C\CCCCCCCC)OC(=O)CCCCCCCCC/C=C\C/C=C\CCCCCC. The van der Waals surface area contributed by atoms with E-state index in [0.29, 0.717) is 19.3 Å². The fourth-order valence-corrected chi connectivity index (χ4v) is 9.06. The molecule has 0 aromatic heterocycles. The van der Waals surface area contributed by atoms with E-state index in [4.69, 9.17) is 14.2 Å². The Balaban J connectivity index is 4.38. The number of allylic oxidation sites excluding steroid dienone is 18. The first-order chi connectivity index (χ1) is 38.5. The first-order valence-corrected chi connectivity index (χ1v) is 32.9. The molecule has 0 amide bonds. The van der Waals surface area contributed by atoms with Crippen LogP contribution >= 0.6 is 0 Å². The molecule has 78 heavy (non-hydrogen) atoms. The molecule has 1 atom stereocenters. The maximum Gasteiger partial charge on any atom is 0.306 e. The van der Waals surface area contributed by atoms with Crippen LogP contribution in [0.4, 0.5) is 0 Å². The second-order valence-electron chi connectivity index (χ2n) is 21.6. The van der Waals surface area contributed by atoms with Gasteiger partial charge in [0.2, 0.25) is 0 Å². The third-order valence-electron chi connectivity index (χ3n) is 14.0. The Kier molecular flexibility index (Phi) is 62.3. The summed E-state index contributed by atoms with van der Waals surface area (Å²) in [6, 6.07) is 0. The molecule has 0 aromatic rings. The summed E-state index contributed by atoms with van der Waals surface area (Å²) in [7, 11) is 0. The van der Waals surface area contributed by atoms with Crippen molar-refractivity contribution in [3.63, 3.8) is 0 Å². The van der Waals surface area contributed by atoms with E-state index in [1.807, 2.05) is 0 Å². The van der Waals surface area contributed by atoms with E-state index in [-0.39, 0.29) is 31.1 Å². The predicted molar refractivity (Wildman–Crippen MR) is 339 cm³/mol. The van der Waals surface area contributed by atoms with Gasteiger partial charge in [0.15, 0.2) is 6.10 Å². The summed E-state index contributed by atoms with van der Waals surface area (Å²) >= 11 is 0. The molecule has 0 fully saturated rings. The number of hydrogen-bond donors (Lipinski definition) is 0. The molecule has 0 saturated carbocycles. The van der Waals surface area contributed by atoms with Crippen LogP contribution < -0.4 is 0 Å². The van der Waals surface area contributed by atoms with E-state index < -0.39 is 6.10 Å². The van der Waals surface area contributed by atoms with Crippen molar-refractivity contribution in [2.75, 3.05) is 13.2 Å². The third-order valence-corrected chi connectivity index (χ3v) is 14.0. The summed E-state index contributed by atoms with van der Waals surface area (Å²) in [5.41, 5.74) is 0. The van der Waals surface area contributed by atoms with Crippen LogP contribution in [0.3, 0.4) is 0 Å². The lowest BCUT2D eigenvalue weighted by Crippen LogP contribution is -2.30. The van der Waals surface area contributed by atoms with Gasteiger partial charge in [-0.3, -0.25) is 14.4 Å². The molecule has 0 spiro atoms. The summed E-state index contributed by atoms with van der Waals surface area (Å²) in [5, 5.41) is 0. The molecule has 0 aromatic carbocycles. The molecule has 0 N–H and O–H groups in total. The Hall–Kier alpha value is -3.93. The van der Waals surface area contributed by atoms with Crippen molar-refractivity contribution in [1.82, 2.24) is 0 Å². The molecule has 0 rings (SSSR count). The first kappa shape index (κ1) is 74.1. The molecule has 0 saturated heterocycles. The Bertz CT molecular complexity index is 1570. The van der Waals surface area contributed by atoms with Gasteiger partial charge in [0, 0.05) is 19.3 Å². The summed E-state index contributed by atoms with van der Waals surface area (Å²) in [5.74, 6) is -0.903. The van der Waals surface area contributed by atoms with Crippen LogP contribution in [-0.4, -0.2) is 37.2 Å². The normalized spacial score (nSPS) is 12.8. The number of rotatable bonds is 59. The van der Waals surface area contributed by atoms with Gasteiger partial charge in [-0.1, -0.05) is 271 Å². The second kappa shape index (κ2) is 65.6. The fourth-order valence-electron chi connectivity index (χ4n) is 9.06. The molecule has 6 heteroatoms. The van der Waals surface area contributed by atoms with E-state index in [0.717, 1.165) is 122 Å². The van der Waals surface area contributed by atoms with Gasteiger partial charge in [-0.15, -0.1) is 0 Å². The molecule has 6 nitrogen and oxygen atoms in total. The van der Waals surface area contributed by atoms with Gasteiger partial charge < -0.3 is 14.2 Å². The van der Waals surface area contributed by atoms with Crippen molar-refractivity contribution < 1.29 is 28.6 Å². The van der Waals surface area contributed by atoms with E-state index in [2.05, 4.69) is 130 Å². The van der Waals surface area contributed by atoms with Gasteiger partial charge in [0.1, 0.15) is 13.2 Å². The standard InChI is InChI=1S/C72H122O6/c1-4-7-10-13-16-19-22-25-28-30-32-33-34-35-36-37-38-39-40-42-44-47-50-53-56-59-62-65-71(74)77-68-69(67-76-70(73)64-61-58-55-52-49-46-43-27-24-21-18-15-12-9-6-3)78-72(75)66-63-60-57-54-51-48-45-41-31-29-26-23-20-17-14-11-8-5-2/h7,10,16,19-20,23,25,27-29,31-33,35-36,38-39,43,69H,4-6,8-9,11-15,17-18,21-22,24,26,30,34,37,40-42,44-68H2,1-3H3/b10-7-,19-16-,23-20-,28-25-,31-29-,33-32-,36-35-,39-38-,43-27-. The van der Waals surface area contributed by atoms with Crippen LogP contribution in [0.25, 0.3) is 0 Å². The summed E-state index contributed by atoms with van der Waals surface area (Å²) in [6.45, 7) is 6.51. The average Bonchev–Trinajstić information content (AvgIpc) is 3.44. The van der Waals surface area contributed by atoms with E-state index >= 15 is 0 Å². The molecule has 0 bridgehead atoms. The maximum atomic E-state index is 12.9. The van der Waals surface area contributed by atoms with E-state index in [1.165, 1.54) is 148 Å². The van der Waals surface area contributed by atoms with Gasteiger partial charge >= 0.3 is 17.9 Å². The van der Waals surface area contributed by atoms with Crippen molar-refractivity contribution in [1.29, 1.82) is 0 Å². The van der Waals surface area contributed by atoms with Crippen molar-refractivity contribution in [3.8, 4) is 0 Å². The molecule has 0 aliphatic heterocycles. The largest absolute Gasteiger partial charge is 0.462 e. The summed E-state index contributed by atoms with van der Waals surface area (Å²) in [4.78, 5) is 38.4. The zero-order chi connectivity index (χ0) is 56.4. The molecular weight excluding hydrogens is 961 g/mol. The van der Waals surface area contributed by atoms with Crippen LogP contribution in [-0.2, 0) is 28.6 Å². The quantitative estimate of drug-likeness (QED) is 0.0261. The lowest BCUT2D eigenvalue weighted by atomic mass is 10.1. The highest BCUT2D eigenvalue weighted by Gasteiger charge is 2.19. The summed E-state index contributed by atoms with van der Waals surface area (Å²) in [6.07, 6.45) is 89.4. The summed E-state index contributed by atoms with van der Waals surface area (Å²) < 4.78 is 16.9. The van der Waals surface area contributed by atoms with Gasteiger partial charge in [-0.2, -0.15) is 0 Å². The Labute approximate surface area is 482 Å². The van der Waals surface area contributed by atoms with Gasteiger partial charge in [-0.25, -0.2) is 0 Å². The molecule has 1 unspecified atom stereocenters. The average molecular weight is 1080 g/mol. The molecule has 0 heterocycles. The van der Waals surface area contributed by atoms with E-state index in [9.17, 15) is 14.4 Å². The minimum Gasteiger partial charge on any atom is -0.462 e. The number of hydrogen-bond acceptors (Lipinski definition) is 6. The van der Waals surface area contributed by atoms with Crippen LogP contribution in [0, 0.1) is 0 Å². The lowest BCUT2D eigenvalue weighted by Gasteiger charge is -2.18. The topological polar surface area (TPSA) is 78.9 Å². The van der Waals surface area contributed by atoms with Gasteiger partial charge in [-0.05, 0) is 128 Å². The van der Waals surface area contributed by atoms with Crippen molar-refractivity contribution >= 4 is 17.9 Å². The first-order valence-electron chi connectivity index (χ1n) is 32.9. The number of unbranched alkanes of at least 4 members (excludes halogenated alkanes) is 30. The highest BCUT2D eigenvalue weighted by molar-refractivity contribution is 5.71. The van der Waals surface area contributed by atoms with Crippen molar-refractivity contribution in [3.05, 3.63) is 109 Å². The number of ether oxygens (including phenoxy) is 3. The van der Waals surface area contributed by atoms with E-state index in [1.54, 1.807) is 0 Å². The van der Waals surface area contributed by atoms with Crippen molar-refractivity contribution in [2.45, 2.75) is 316 Å². The zero-order valence-corrected chi connectivity index (χ0v) is 51.2. The molecular formula is C72H122O6. The molecule has 0 aliphatic carbocycles. The predicted octanol–water partition coefficient (Wildman–Crippen LogP) is 22.6. The van der Waals surface area contributed by atoms with Gasteiger partial charge in [0.05, 0.1) is 0 Å². The fraction of sp³-hybridized carbons (Fsp3) is 0.708. The Morgan fingerprint density at radius 1 is 0.269 bits per heavy atom. The van der Waals surface area contributed by atoms with Crippen molar-refractivity contribution in [2.24, 2.45) is 0 Å². The van der Waals surface area contributed by atoms with Crippen LogP contribution in [0.5, 0.6) is 0 Å². The number of carbonyl (C=O) groups excluding carboxylic acids is 3. The minimum atomic E-state index is -0.792. The second-order valence-corrected chi connectivity index (χ2v) is 21.6. The third kappa shape index (κ3) is 62.9. The minimum absolute atomic E-state index is 0.0880. The van der Waals surface area contributed by atoms with Crippen LogP contribution in [0.2, 0.25) is 0 Å². The smallest absolute Gasteiger partial charge is 0.306 e. The molecule has 0 radical (unpaired) electrons. The number of esters is 3. The zero-order valence-electron chi connectivity index (χ0n) is 51.2. The highest BCUT2D eigenvalue weighted by atomic mass is 16.6. The lowest BCUT2D eigenvalue weighted by molar-refractivity contribution is -0.167. The van der Waals surface area contributed by atoms with Gasteiger partial charge in [0.25, 0.3) is 0 Å².